The van der Waals surface area contributed by atoms with Crippen molar-refractivity contribution in [3.8, 4) is 0 Å². The van der Waals surface area contributed by atoms with Gasteiger partial charge in [0.2, 0.25) is 6.08 Å². The van der Waals surface area contributed by atoms with E-state index in [2.05, 4.69) is 3.98 Å². The lowest BCUT2D eigenvalue weighted by Crippen LogP contribution is -1.43. The van der Waals surface area contributed by atoms with Crippen molar-refractivity contribution in [3.05, 3.63) is 0 Å². The third kappa shape index (κ3) is 1.91. The van der Waals surface area contributed by atoms with Crippen LogP contribution in [-0.2, 0) is 4.79 Å². The van der Waals surface area contributed by atoms with Crippen LogP contribution in [0, 0.1) is 0 Å². The molecule has 0 aliphatic carbocycles. The normalized spacial score (nSPS) is 4.00. The third-order valence-corrected chi connectivity index (χ3v) is 0.274. The first-order chi connectivity index (χ1) is 1.91. The Kier molecular flexibility index (Phi) is 2.85. The number of hydrogen-bond acceptors (Lipinski definition) is 2. The van der Waals surface area contributed by atoms with Gasteiger partial charge in [-0.3, -0.25) is 0 Å². The predicted octanol–water partition coefficient (Wildman–Crippen LogP) is -1.13. The lowest BCUT2D eigenvalue weighted by Gasteiger charge is -1.35. The van der Waals surface area contributed by atoms with Crippen molar-refractivity contribution >= 4 is 22.6 Å². The molecule has 0 rings (SSSR count). The van der Waals surface area contributed by atoms with Gasteiger partial charge in [-0.2, -0.15) is 0 Å². The van der Waals surface area contributed by atoms with Crippen molar-refractivity contribution in [2.45, 2.75) is 0 Å². The lowest BCUT2D eigenvalue weighted by molar-refractivity contribution is 0.566. The first kappa shape index (κ1) is 3.91. The van der Waals surface area contributed by atoms with E-state index in [0.29, 0.717) is 16.5 Å². The molecule has 0 aliphatic heterocycles. The summed E-state index contributed by atoms with van der Waals surface area (Å²) in [5.74, 6) is 0. The molecule has 0 bridgehead atoms. The summed E-state index contributed by atoms with van der Waals surface area (Å²) < 4.78 is 3.07. The number of hydrogen-bond donors (Lipinski definition) is 0. The molecule has 0 unspecified atom stereocenters. The molecule has 0 atom stereocenters. The minimum Gasteiger partial charge on any atom is -0.340 e. The van der Waals surface area contributed by atoms with E-state index in [1.54, 1.807) is 0 Å². The Morgan fingerprint density at radius 2 is 2.25 bits per heavy atom. The zero-order valence-corrected chi connectivity index (χ0v) is 4.36. The van der Waals surface area contributed by atoms with Gasteiger partial charge in [-0.15, -0.1) is 0 Å². The fourth-order valence-corrected chi connectivity index (χ4v) is 0. The molecule has 0 heterocycles. The highest BCUT2D eigenvalue weighted by Crippen LogP contribution is 1.24. The second kappa shape index (κ2) is 2.91. The van der Waals surface area contributed by atoms with Crippen LogP contribution in [0.1, 0.15) is 0 Å². The SMILES string of the molecule is O=C=[N][AlH2]. The summed E-state index contributed by atoms with van der Waals surface area (Å²) >= 11 is 0.591. The van der Waals surface area contributed by atoms with Gasteiger partial charge in [0, 0.05) is 0 Å². The molecular weight excluding hydrogens is 69.0 g/mol. The largest absolute Gasteiger partial charge is 0.411 e. The molecule has 0 aromatic carbocycles. The molecule has 3 heteroatoms. The Morgan fingerprint density at radius 1 is 2.00 bits per heavy atom. The zero-order chi connectivity index (χ0) is 3.41. The highest BCUT2D eigenvalue weighted by Gasteiger charge is 1.34. The fourth-order valence-electron chi connectivity index (χ4n) is 0. The van der Waals surface area contributed by atoms with E-state index >= 15 is 0 Å². The minimum atomic E-state index is 0.591. The summed E-state index contributed by atoms with van der Waals surface area (Å²) in [6.45, 7) is 0. The highest BCUT2D eigenvalue weighted by molar-refractivity contribution is 6.07. The Morgan fingerprint density at radius 3 is 2.25 bits per heavy atom. The molecule has 0 aliphatic rings. The molecule has 0 fully saturated rings. The summed E-state index contributed by atoms with van der Waals surface area (Å²) in [4.78, 5) is 8.92. The van der Waals surface area contributed by atoms with E-state index in [1.807, 2.05) is 0 Å². The van der Waals surface area contributed by atoms with E-state index in [4.69, 9.17) is 4.79 Å². The van der Waals surface area contributed by atoms with Crippen molar-refractivity contribution < 1.29 is 4.79 Å². The quantitative estimate of drug-likeness (QED) is 0.202. The number of carbonyl (C=O) groups excluding carboxylic acids is 1. The summed E-state index contributed by atoms with van der Waals surface area (Å²) in [5.41, 5.74) is 0. The van der Waals surface area contributed by atoms with Crippen molar-refractivity contribution in [2.24, 2.45) is 3.98 Å². The first-order valence-electron chi connectivity index (χ1n) is 0.875. The van der Waals surface area contributed by atoms with Crippen LogP contribution in [0.2, 0.25) is 0 Å². The average Bonchev–Trinajstić information content (AvgIpc) is 1.37. The van der Waals surface area contributed by atoms with Gasteiger partial charge in [0.1, 0.15) is 0 Å². The summed E-state index contributed by atoms with van der Waals surface area (Å²) in [5, 5.41) is 0. The van der Waals surface area contributed by atoms with Crippen molar-refractivity contribution in [1.29, 1.82) is 0 Å². The zero-order valence-electron chi connectivity index (χ0n) is 2.36. The Labute approximate surface area is 32.2 Å². The van der Waals surface area contributed by atoms with Crippen LogP contribution in [0.25, 0.3) is 0 Å². The van der Waals surface area contributed by atoms with E-state index < -0.39 is 0 Å². The van der Waals surface area contributed by atoms with Crippen LogP contribution in [0.3, 0.4) is 0 Å². The van der Waals surface area contributed by atoms with Crippen molar-refractivity contribution in [1.82, 2.24) is 0 Å². The van der Waals surface area contributed by atoms with Gasteiger partial charge in [-0.25, -0.2) is 4.79 Å². The Balaban J connectivity index is 3.11. The first-order valence-corrected chi connectivity index (χ1v) is 1.77. The molecule has 0 saturated heterocycles. The number of isocyanates is 1. The van der Waals surface area contributed by atoms with E-state index in [0.717, 1.165) is 0 Å². The molecule has 0 aromatic rings. The molecule has 0 N–H and O–H groups in total. The monoisotopic (exact) mass is 71.0 g/mol. The molecule has 0 amide bonds. The number of nitrogens with zero attached hydrogens (tertiary/aromatic N) is 1. The van der Waals surface area contributed by atoms with E-state index in [9.17, 15) is 0 Å². The molecule has 0 spiro atoms. The molecule has 0 aromatic heterocycles. The fraction of sp³-hybridized carbons (Fsp3) is 0. The van der Waals surface area contributed by atoms with Crippen molar-refractivity contribution in [2.75, 3.05) is 0 Å². The minimum absolute atomic E-state index is 0.591. The average molecular weight is 71.0 g/mol. The lowest BCUT2D eigenvalue weighted by atomic mass is 11.7. The molecule has 20 valence electrons. The number of rotatable bonds is 0. The molecule has 2 nitrogen and oxygen atoms in total. The van der Waals surface area contributed by atoms with Crippen molar-refractivity contribution in [3.63, 3.8) is 0 Å². The summed E-state index contributed by atoms with van der Waals surface area (Å²) in [6.07, 6.45) is 1.37. The predicted molar refractivity (Wildman–Crippen MR) is 16.7 cm³/mol. The molecule has 4 heavy (non-hydrogen) atoms. The van der Waals surface area contributed by atoms with E-state index in [-0.39, 0.29) is 0 Å². The topological polar surface area (TPSA) is 29.4 Å². The van der Waals surface area contributed by atoms with Gasteiger partial charge in [0.05, 0.1) is 0 Å². The maximum absolute atomic E-state index is 8.92. The van der Waals surface area contributed by atoms with Crippen LogP contribution in [0.15, 0.2) is 3.98 Å². The second-order valence-corrected chi connectivity index (χ2v) is 0.762. The Bertz CT molecular complexity index is 46.0. The van der Waals surface area contributed by atoms with Gasteiger partial charge in [-0.05, 0) is 0 Å². The van der Waals surface area contributed by atoms with Gasteiger partial charge >= 0.3 is 16.5 Å². The maximum Gasteiger partial charge on any atom is 0.411 e. The summed E-state index contributed by atoms with van der Waals surface area (Å²) in [6, 6.07) is 0. The highest BCUT2D eigenvalue weighted by atomic mass is 27.1. The van der Waals surface area contributed by atoms with Crippen LogP contribution in [-0.4, -0.2) is 22.6 Å². The molecule has 0 saturated carbocycles. The second-order valence-electron chi connectivity index (χ2n) is 0.315. The van der Waals surface area contributed by atoms with Gasteiger partial charge in [0.25, 0.3) is 0 Å². The van der Waals surface area contributed by atoms with Crippen LogP contribution >= 0.6 is 0 Å². The van der Waals surface area contributed by atoms with Gasteiger partial charge < -0.3 is 3.98 Å². The van der Waals surface area contributed by atoms with Crippen LogP contribution < -0.4 is 0 Å². The molecule has 0 radical (unpaired) electrons. The van der Waals surface area contributed by atoms with Crippen LogP contribution in [0.5, 0.6) is 0 Å². The maximum atomic E-state index is 8.92. The molecular formula is CH2AlNO. The standard InChI is InChI=1S/CNO.Al.2H/c2-1-3;;;/q-1;+1;;. The van der Waals surface area contributed by atoms with E-state index in [1.165, 1.54) is 6.08 Å². The smallest absolute Gasteiger partial charge is 0.340 e. The third-order valence-electron chi connectivity index (χ3n) is 0.0913. The summed E-state index contributed by atoms with van der Waals surface area (Å²) in [7, 11) is 0. The van der Waals surface area contributed by atoms with Gasteiger partial charge in [0.15, 0.2) is 0 Å². The Hall–Kier alpha value is -0.0875. The van der Waals surface area contributed by atoms with Crippen LogP contribution in [0.4, 0.5) is 0 Å². The van der Waals surface area contributed by atoms with Gasteiger partial charge in [-0.1, -0.05) is 0 Å².